The second kappa shape index (κ2) is 5.77. The van der Waals surface area contributed by atoms with Gasteiger partial charge in [-0.2, -0.15) is 0 Å². The van der Waals surface area contributed by atoms with E-state index in [-0.39, 0.29) is 24.7 Å². The fourth-order valence-corrected chi connectivity index (χ4v) is 2.14. The van der Waals surface area contributed by atoms with Crippen LogP contribution in [0.1, 0.15) is 13.3 Å². The van der Waals surface area contributed by atoms with Crippen molar-refractivity contribution in [1.82, 2.24) is 0 Å². The lowest BCUT2D eigenvalue weighted by atomic mass is 9.84. The van der Waals surface area contributed by atoms with Gasteiger partial charge in [0.25, 0.3) is 0 Å². The maximum atomic E-state index is 9.96. The summed E-state index contributed by atoms with van der Waals surface area (Å²) in [5.41, 5.74) is 5.85. The minimum atomic E-state index is -0.638. The molecule has 0 aromatic carbocycles. The van der Waals surface area contributed by atoms with Crippen LogP contribution in [0.25, 0.3) is 0 Å². The second-order valence-corrected chi connectivity index (χ2v) is 3.99. The largest absolute Gasteiger partial charge is 0.394 e. The van der Waals surface area contributed by atoms with Crippen LogP contribution in [-0.2, 0) is 9.47 Å². The normalized spacial score (nSPS) is 41.8. The number of ether oxygens (including phenoxy) is 2. The summed E-state index contributed by atoms with van der Waals surface area (Å²) >= 11 is 0. The standard InChI is InChI=1S/C10H21NO4/c1-3-6-7(4-12)15-8(5-14-2)9(11)10(6)13/h6-10,12-13H,3-5,11H2,1-2H3/t6-,7?,8?,9?,10-/m1/s1. The Morgan fingerprint density at radius 3 is 2.53 bits per heavy atom. The van der Waals surface area contributed by atoms with Gasteiger partial charge in [-0.25, -0.2) is 0 Å². The van der Waals surface area contributed by atoms with Crippen LogP contribution in [0.3, 0.4) is 0 Å². The molecule has 5 nitrogen and oxygen atoms in total. The highest BCUT2D eigenvalue weighted by Gasteiger charge is 2.41. The first-order valence-electron chi connectivity index (χ1n) is 5.34. The van der Waals surface area contributed by atoms with Gasteiger partial charge in [-0.15, -0.1) is 0 Å². The lowest BCUT2D eigenvalue weighted by Crippen LogP contribution is -2.60. The summed E-state index contributed by atoms with van der Waals surface area (Å²) in [5, 5.41) is 19.1. The smallest absolute Gasteiger partial charge is 0.0989 e. The molecule has 5 atom stereocenters. The molecule has 0 aromatic heterocycles. The molecular formula is C10H21NO4. The molecule has 1 aliphatic rings. The Balaban J connectivity index is 2.68. The van der Waals surface area contributed by atoms with Crippen molar-refractivity contribution < 1.29 is 19.7 Å². The van der Waals surface area contributed by atoms with Crippen molar-refractivity contribution in [2.45, 2.75) is 37.7 Å². The third kappa shape index (κ3) is 2.68. The van der Waals surface area contributed by atoms with Crippen molar-refractivity contribution in [2.75, 3.05) is 20.3 Å². The summed E-state index contributed by atoms with van der Waals surface area (Å²) in [6, 6.07) is -0.447. The number of rotatable bonds is 4. The van der Waals surface area contributed by atoms with Gasteiger partial charge in [0.15, 0.2) is 0 Å². The minimum Gasteiger partial charge on any atom is -0.394 e. The SMILES string of the molecule is CC[C@@H]1C(CO)OC(COC)C(N)[C@@H]1O. The Labute approximate surface area is 90.2 Å². The molecule has 1 saturated heterocycles. The zero-order valence-corrected chi connectivity index (χ0v) is 9.30. The lowest BCUT2D eigenvalue weighted by molar-refractivity contribution is -0.173. The Bertz CT molecular complexity index is 186. The van der Waals surface area contributed by atoms with Crippen molar-refractivity contribution in [2.24, 2.45) is 11.7 Å². The molecule has 0 aromatic rings. The maximum absolute atomic E-state index is 9.96. The van der Waals surface area contributed by atoms with Gasteiger partial charge < -0.3 is 25.4 Å². The summed E-state index contributed by atoms with van der Waals surface area (Å²) < 4.78 is 10.6. The Hall–Kier alpha value is -0.200. The summed E-state index contributed by atoms with van der Waals surface area (Å²) in [5.74, 6) is -0.0990. The second-order valence-electron chi connectivity index (χ2n) is 3.99. The van der Waals surface area contributed by atoms with E-state index in [2.05, 4.69) is 0 Å². The average Bonchev–Trinajstić information content (AvgIpc) is 2.24. The predicted octanol–water partition coefficient (Wildman–Crippen LogP) is -0.893. The molecule has 90 valence electrons. The molecule has 4 N–H and O–H groups in total. The first-order chi connectivity index (χ1) is 7.15. The number of hydrogen-bond acceptors (Lipinski definition) is 5. The topological polar surface area (TPSA) is 84.9 Å². The van der Waals surface area contributed by atoms with Gasteiger partial charge in [-0.1, -0.05) is 6.92 Å². The molecular weight excluding hydrogens is 198 g/mol. The van der Waals surface area contributed by atoms with Gasteiger partial charge in [-0.3, -0.25) is 0 Å². The molecule has 0 spiro atoms. The van der Waals surface area contributed by atoms with E-state index in [1.165, 1.54) is 0 Å². The minimum absolute atomic E-state index is 0.0947. The molecule has 5 heteroatoms. The molecule has 0 radical (unpaired) electrons. The van der Waals surface area contributed by atoms with Crippen molar-refractivity contribution in [1.29, 1.82) is 0 Å². The van der Waals surface area contributed by atoms with Crippen LogP contribution in [0.15, 0.2) is 0 Å². The van der Waals surface area contributed by atoms with Gasteiger partial charge in [0.2, 0.25) is 0 Å². The number of nitrogens with two attached hydrogens (primary N) is 1. The number of hydrogen-bond donors (Lipinski definition) is 3. The number of methoxy groups -OCH3 is 1. The van der Waals surface area contributed by atoms with Crippen molar-refractivity contribution in [3.8, 4) is 0 Å². The van der Waals surface area contributed by atoms with Gasteiger partial charge in [0, 0.05) is 13.0 Å². The average molecular weight is 219 g/mol. The highest BCUT2D eigenvalue weighted by atomic mass is 16.5. The summed E-state index contributed by atoms with van der Waals surface area (Å²) in [6.45, 7) is 2.19. The van der Waals surface area contributed by atoms with E-state index < -0.39 is 12.1 Å². The molecule has 0 aliphatic carbocycles. The maximum Gasteiger partial charge on any atom is 0.0989 e. The molecule has 15 heavy (non-hydrogen) atoms. The molecule has 3 unspecified atom stereocenters. The van der Waals surface area contributed by atoms with Crippen LogP contribution >= 0.6 is 0 Å². The van der Waals surface area contributed by atoms with E-state index in [1.807, 2.05) is 6.92 Å². The monoisotopic (exact) mass is 219 g/mol. The fraction of sp³-hybridized carbons (Fsp3) is 1.00. The van der Waals surface area contributed by atoms with Gasteiger partial charge in [0.05, 0.1) is 37.6 Å². The van der Waals surface area contributed by atoms with Crippen molar-refractivity contribution in [3.63, 3.8) is 0 Å². The highest BCUT2D eigenvalue weighted by molar-refractivity contribution is 4.93. The summed E-state index contributed by atoms with van der Waals surface area (Å²) in [4.78, 5) is 0. The van der Waals surface area contributed by atoms with Crippen LogP contribution in [-0.4, -0.2) is 54.9 Å². The molecule has 1 rings (SSSR count). The van der Waals surface area contributed by atoms with E-state index in [0.29, 0.717) is 6.61 Å². The molecule has 0 saturated carbocycles. The first-order valence-corrected chi connectivity index (χ1v) is 5.34. The predicted molar refractivity (Wildman–Crippen MR) is 55.4 cm³/mol. The molecule has 1 aliphatic heterocycles. The van der Waals surface area contributed by atoms with Crippen LogP contribution in [0.4, 0.5) is 0 Å². The molecule has 0 bridgehead atoms. The first kappa shape index (κ1) is 12.9. The quantitative estimate of drug-likeness (QED) is 0.571. The number of aliphatic hydroxyl groups excluding tert-OH is 2. The van der Waals surface area contributed by atoms with E-state index in [9.17, 15) is 5.11 Å². The number of aliphatic hydroxyl groups is 2. The van der Waals surface area contributed by atoms with Gasteiger partial charge in [-0.05, 0) is 6.42 Å². The molecule has 1 fully saturated rings. The van der Waals surface area contributed by atoms with Crippen molar-refractivity contribution in [3.05, 3.63) is 0 Å². The van der Waals surface area contributed by atoms with E-state index in [1.54, 1.807) is 7.11 Å². The highest BCUT2D eigenvalue weighted by Crippen LogP contribution is 2.27. The van der Waals surface area contributed by atoms with Crippen LogP contribution < -0.4 is 5.73 Å². The summed E-state index contributed by atoms with van der Waals surface area (Å²) in [7, 11) is 1.56. The van der Waals surface area contributed by atoms with Gasteiger partial charge >= 0.3 is 0 Å². The Kier molecular flexibility index (Phi) is 4.95. The van der Waals surface area contributed by atoms with Crippen LogP contribution in [0.2, 0.25) is 0 Å². The van der Waals surface area contributed by atoms with E-state index >= 15 is 0 Å². The fourth-order valence-electron chi connectivity index (χ4n) is 2.14. The Morgan fingerprint density at radius 1 is 1.40 bits per heavy atom. The molecule has 1 heterocycles. The third-order valence-electron chi connectivity index (χ3n) is 3.07. The third-order valence-corrected chi connectivity index (χ3v) is 3.07. The van der Waals surface area contributed by atoms with Crippen LogP contribution in [0.5, 0.6) is 0 Å². The lowest BCUT2D eigenvalue weighted by Gasteiger charge is -2.42. The Morgan fingerprint density at radius 2 is 2.07 bits per heavy atom. The molecule has 0 amide bonds. The van der Waals surface area contributed by atoms with Gasteiger partial charge in [0.1, 0.15) is 0 Å². The van der Waals surface area contributed by atoms with E-state index in [4.69, 9.17) is 20.3 Å². The zero-order valence-electron chi connectivity index (χ0n) is 9.30. The van der Waals surface area contributed by atoms with E-state index in [0.717, 1.165) is 6.42 Å². The van der Waals surface area contributed by atoms with Crippen LogP contribution in [0, 0.1) is 5.92 Å². The van der Waals surface area contributed by atoms with Crippen molar-refractivity contribution >= 4 is 0 Å². The summed E-state index contributed by atoms with van der Waals surface area (Å²) in [6.07, 6.45) is -0.587. The zero-order chi connectivity index (χ0) is 11.4.